The molecule has 0 radical (unpaired) electrons. The zero-order valence-electron chi connectivity index (χ0n) is 15.7. The van der Waals surface area contributed by atoms with Gasteiger partial charge in [-0.1, -0.05) is 6.07 Å². The standard InChI is InChI=1S/C21H25N5O/c1-15-10-18-19(23-12-15)5-2-6-20(18)24-16-7-9-25(13-16)14-21(27)26-8-3-4-17(26)11-22/h2,5-6,10,12,16-17,24H,3-4,7-9,13-14H2,1H3/t16-,17?/m1/s1. The maximum atomic E-state index is 12.6. The first-order valence-corrected chi connectivity index (χ1v) is 9.67. The number of likely N-dealkylation sites (tertiary alicyclic amines) is 2. The van der Waals surface area contributed by atoms with Crippen molar-refractivity contribution in [3.8, 4) is 6.07 Å². The maximum absolute atomic E-state index is 12.6. The number of aryl methyl sites for hydroxylation is 1. The Balaban J connectivity index is 1.38. The molecule has 2 aliphatic heterocycles. The first-order chi connectivity index (χ1) is 13.1. The fourth-order valence-electron chi connectivity index (χ4n) is 4.17. The van der Waals surface area contributed by atoms with E-state index in [1.807, 2.05) is 18.3 Å². The molecule has 2 aromatic rings. The lowest BCUT2D eigenvalue weighted by atomic mass is 10.1. The summed E-state index contributed by atoms with van der Waals surface area (Å²) in [5, 5.41) is 14.0. The van der Waals surface area contributed by atoms with E-state index in [0.717, 1.165) is 61.1 Å². The van der Waals surface area contributed by atoms with Gasteiger partial charge in [-0.05, 0) is 49.9 Å². The van der Waals surface area contributed by atoms with Crippen LogP contribution in [0.3, 0.4) is 0 Å². The molecule has 1 aromatic carbocycles. The lowest BCUT2D eigenvalue weighted by Crippen LogP contribution is -2.42. The van der Waals surface area contributed by atoms with Crippen molar-refractivity contribution in [3.63, 3.8) is 0 Å². The number of nitrogens with one attached hydrogen (secondary N) is 1. The Kier molecular flexibility index (Phi) is 4.95. The Bertz CT molecular complexity index is 890. The van der Waals surface area contributed by atoms with Crippen molar-refractivity contribution in [2.75, 3.05) is 31.5 Å². The van der Waals surface area contributed by atoms with Crippen LogP contribution < -0.4 is 5.32 Å². The number of nitriles is 1. The quantitative estimate of drug-likeness (QED) is 0.904. The molecule has 6 nitrogen and oxygen atoms in total. The SMILES string of the molecule is Cc1cnc2cccc(N[C@@H]3CCN(CC(=O)N4CCCC4C#N)C3)c2c1. The summed E-state index contributed by atoms with van der Waals surface area (Å²) >= 11 is 0. The molecule has 1 N–H and O–H groups in total. The minimum Gasteiger partial charge on any atom is -0.380 e. The Morgan fingerprint density at radius 3 is 3.11 bits per heavy atom. The summed E-state index contributed by atoms with van der Waals surface area (Å²) in [4.78, 5) is 21.0. The maximum Gasteiger partial charge on any atom is 0.237 e. The van der Waals surface area contributed by atoms with Crippen LogP contribution >= 0.6 is 0 Å². The molecule has 0 saturated carbocycles. The number of fused-ring (bicyclic) bond motifs is 1. The lowest BCUT2D eigenvalue weighted by Gasteiger charge is -2.23. The monoisotopic (exact) mass is 363 g/mol. The number of carbonyl (C=O) groups is 1. The van der Waals surface area contributed by atoms with Crippen LogP contribution in [0.5, 0.6) is 0 Å². The molecule has 1 amide bonds. The number of hydrogen-bond acceptors (Lipinski definition) is 5. The van der Waals surface area contributed by atoms with E-state index in [4.69, 9.17) is 0 Å². The van der Waals surface area contributed by atoms with E-state index >= 15 is 0 Å². The van der Waals surface area contributed by atoms with Crippen LogP contribution in [-0.4, -0.2) is 59.0 Å². The summed E-state index contributed by atoms with van der Waals surface area (Å²) in [6.45, 7) is 4.92. The third kappa shape index (κ3) is 3.74. The van der Waals surface area contributed by atoms with Gasteiger partial charge in [-0.25, -0.2) is 0 Å². The van der Waals surface area contributed by atoms with Crippen LogP contribution in [0.1, 0.15) is 24.8 Å². The van der Waals surface area contributed by atoms with Gasteiger partial charge in [0.1, 0.15) is 6.04 Å². The fourth-order valence-corrected chi connectivity index (χ4v) is 4.17. The van der Waals surface area contributed by atoms with Crippen molar-refractivity contribution in [2.45, 2.75) is 38.3 Å². The van der Waals surface area contributed by atoms with Gasteiger partial charge in [-0.2, -0.15) is 5.26 Å². The normalized spacial score (nSPS) is 22.9. The molecule has 6 heteroatoms. The van der Waals surface area contributed by atoms with Gasteiger partial charge in [0.15, 0.2) is 0 Å². The number of hydrogen-bond donors (Lipinski definition) is 1. The molecular formula is C21H25N5O. The fraction of sp³-hybridized carbons (Fsp3) is 0.476. The second-order valence-electron chi connectivity index (χ2n) is 7.62. The van der Waals surface area contributed by atoms with Gasteiger partial charge in [-0.3, -0.25) is 14.7 Å². The number of aromatic nitrogens is 1. The summed E-state index contributed by atoms with van der Waals surface area (Å²) < 4.78 is 0. The number of nitrogens with zero attached hydrogens (tertiary/aromatic N) is 4. The third-order valence-corrected chi connectivity index (χ3v) is 5.58. The zero-order valence-corrected chi connectivity index (χ0v) is 15.7. The van der Waals surface area contributed by atoms with Crippen LogP contribution in [0.4, 0.5) is 5.69 Å². The molecule has 4 rings (SSSR count). The molecule has 2 aliphatic rings. The highest BCUT2D eigenvalue weighted by molar-refractivity contribution is 5.91. The molecule has 0 spiro atoms. The van der Waals surface area contributed by atoms with Gasteiger partial charge in [0.25, 0.3) is 0 Å². The van der Waals surface area contributed by atoms with Gasteiger partial charge in [0.05, 0.1) is 18.1 Å². The van der Waals surface area contributed by atoms with E-state index in [1.165, 1.54) is 0 Å². The number of benzene rings is 1. The Hall–Kier alpha value is -2.65. The predicted octanol–water partition coefficient (Wildman–Crippen LogP) is 2.54. The topological polar surface area (TPSA) is 72.3 Å². The summed E-state index contributed by atoms with van der Waals surface area (Å²) in [7, 11) is 0. The Labute approximate surface area is 159 Å². The number of pyridine rings is 1. The molecule has 0 bridgehead atoms. The molecule has 1 aromatic heterocycles. The molecular weight excluding hydrogens is 338 g/mol. The Morgan fingerprint density at radius 2 is 2.26 bits per heavy atom. The van der Waals surface area contributed by atoms with Gasteiger partial charge in [-0.15, -0.1) is 0 Å². The predicted molar refractivity (Wildman–Crippen MR) is 105 cm³/mol. The second kappa shape index (κ2) is 7.53. The van der Waals surface area contributed by atoms with Crippen LogP contribution in [0.15, 0.2) is 30.5 Å². The van der Waals surface area contributed by atoms with Gasteiger partial charge in [0.2, 0.25) is 5.91 Å². The van der Waals surface area contributed by atoms with E-state index in [9.17, 15) is 10.1 Å². The zero-order chi connectivity index (χ0) is 18.8. The van der Waals surface area contributed by atoms with E-state index in [2.05, 4.69) is 40.3 Å². The third-order valence-electron chi connectivity index (χ3n) is 5.58. The Morgan fingerprint density at radius 1 is 1.37 bits per heavy atom. The lowest BCUT2D eigenvalue weighted by molar-refractivity contribution is -0.132. The number of rotatable bonds is 4. The minimum atomic E-state index is -0.236. The summed E-state index contributed by atoms with van der Waals surface area (Å²) in [5.41, 5.74) is 3.24. The van der Waals surface area contributed by atoms with Crippen LogP contribution in [0.2, 0.25) is 0 Å². The molecule has 3 heterocycles. The molecule has 2 saturated heterocycles. The van der Waals surface area contributed by atoms with Crippen LogP contribution in [0.25, 0.3) is 10.9 Å². The van der Waals surface area contributed by atoms with Crippen LogP contribution in [0, 0.1) is 18.3 Å². The average molecular weight is 363 g/mol. The van der Waals surface area contributed by atoms with E-state index in [0.29, 0.717) is 12.6 Å². The highest BCUT2D eigenvalue weighted by Crippen LogP contribution is 2.25. The first-order valence-electron chi connectivity index (χ1n) is 9.67. The molecule has 27 heavy (non-hydrogen) atoms. The summed E-state index contributed by atoms with van der Waals surface area (Å²) in [6, 6.07) is 10.6. The largest absolute Gasteiger partial charge is 0.380 e. The average Bonchev–Trinajstić information content (AvgIpc) is 3.31. The molecule has 140 valence electrons. The van der Waals surface area contributed by atoms with Gasteiger partial charge < -0.3 is 10.2 Å². The molecule has 2 atom stereocenters. The summed E-state index contributed by atoms with van der Waals surface area (Å²) in [5.74, 6) is 0.0877. The van der Waals surface area contributed by atoms with Gasteiger partial charge >= 0.3 is 0 Å². The van der Waals surface area contributed by atoms with Crippen molar-refractivity contribution >= 4 is 22.5 Å². The highest BCUT2D eigenvalue weighted by atomic mass is 16.2. The highest BCUT2D eigenvalue weighted by Gasteiger charge is 2.31. The first kappa shape index (κ1) is 17.7. The van der Waals surface area contributed by atoms with Crippen molar-refractivity contribution < 1.29 is 4.79 Å². The second-order valence-corrected chi connectivity index (χ2v) is 7.62. The van der Waals surface area contributed by atoms with E-state index in [1.54, 1.807) is 4.90 Å². The smallest absolute Gasteiger partial charge is 0.237 e. The number of amides is 1. The summed E-state index contributed by atoms with van der Waals surface area (Å²) in [6.07, 6.45) is 4.64. The van der Waals surface area contributed by atoms with Crippen molar-refractivity contribution in [3.05, 3.63) is 36.0 Å². The van der Waals surface area contributed by atoms with Crippen LogP contribution in [-0.2, 0) is 4.79 Å². The van der Waals surface area contributed by atoms with E-state index < -0.39 is 0 Å². The van der Waals surface area contributed by atoms with Crippen molar-refractivity contribution in [2.24, 2.45) is 0 Å². The minimum absolute atomic E-state index is 0.0877. The van der Waals surface area contributed by atoms with Crippen molar-refractivity contribution in [1.82, 2.24) is 14.8 Å². The molecule has 2 fully saturated rings. The van der Waals surface area contributed by atoms with Crippen molar-refractivity contribution in [1.29, 1.82) is 5.26 Å². The number of anilines is 1. The molecule has 0 aliphatic carbocycles. The van der Waals surface area contributed by atoms with E-state index in [-0.39, 0.29) is 11.9 Å². The van der Waals surface area contributed by atoms with Gasteiger partial charge in [0, 0.05) is 42.9 Å². The number of carbonyl (C=O) groups excluding carboxylic acids is 1. The molecule has 1 unspecified atom stereocenters.